The van der Waals surface area contributed by atoms with Gasteiger partial charge in [0.05, 0.1) is 0 Å². The van der Waals surface area contributed by atoms with Crippen molar-refractivity contribution in [3.05, 3.63) is 23.8 Å². The summed E-state index contributed by atoms with van der Waals surface area (Å²) in [4.78, 5) is 0. The van der Waals surface area contributed by atoms with Gasteiger partial charge in [0.2, 0.25) is 0 Å². The molecule has 64 valence electrons. The van der Waals surface area contributed by atoms with Crippen LogP contribution >= 0.6 is 24.8 Å². The van der Waals surface area contributed by atoms with E-state index in [4.69, 9.17) is 0 Å². The zero-order chi connectivity index (χ0) is 5.98. The van der Waals surface area contributed by atoms with Crippen molar-refractivity contribution in [2.24, 2.45) is 5.92 Å². The molecule has 0 heterocycles. The van der Waals surface area contributed by atoms with E-state index >= 15 is 0 Å². The van der Waals surface area contributed by atoms with E-state index in [-0.39, 0.29) is 51.0 Å². The maximum Gasteiger partial charge on any atom is 0 e. The van der Waals surface area contributed by atoms with E-state index in [1.165, 1.54) is 12.0 Å². The first kappa shape index (κ1) is 17.9. The summed E-state index contributed by atoms with van der Waals surface area (Å²) in [6.45, 7) is 4.27. The molecule has 0 aromatic rings. The van der Waals surface area contributed by atoms with Gasteiger partial charge < -0.3 is 0 Å². The van der Waals surface area contributed by atoms with Gasteiger partial charge in [0.15, 0.2) is 0 Å². The summed E-state index contributed by atoms with van der Waals surface area (Å²) in [5.74, 6) is 0.606. The van der Waals surface area contributed by atoms with Crippen molar-refractivity contribution in [1.82, 2.24) is 0 Å². The molecule has 3 heteroatoms. The molecule has 0 saturated carbocycles. The van der Waals surface area contributed by atoms with Crippen LogP contribution < -0.4 is 0 Å². The average Bonchev–Trinajstić information content (AvgIpc) is 2.14. The van der Waals surface area contributed by atoms with Crippen LogP contribution in [-0.4, -0.2) is 0 Å². The summed E-state index contributed by atoms with van der Waals surface area (Å²) in [6, 6.07) is 0. The molecule has 0 radical (unpaired) electrons. The zero-order valence-corrected chi connectivity index (χ0v) is 10.8. The van der Waals surface area contributed by atoms with Crippen molar-refractivity contribution in [3.8, 4) is 0 Å². The summed E-state index contributed by atoms with van der Waals surface area (Å²) < 4.78 is 0. The van der Waals surface area contributed by atoms with Gasteiger partial charge in [-0.3, -0.25) is 6.08 Å². The van der Waals surface area contributed by atoms with Gasteiger partial charge in [-0.2, -0.15) is 6.08 Å². The number of hydrogen-bond acceptors (Lipinski definition) is 0. The van der Waals surface area contributed by atoms with E-state index in [1.807, 2.05) is 0 Å². The molecule has 0 N–H and O–H groups in total. The first-order chi connectivity index (χ1) is 3.83. The van der Waals surface area contributed by atoms with Crippen LogP contribution in [0.15, 0.2) is 17.7 Å². The number of hydrogen-bond donors (Lipinski definition) is 0. The monoisotopic (exact) mass is 269 g/mol. The van der Waals surface area contributed by atoms with E-state index in [1.54, 1.807) is 0 Å². The fourth-order valence-corrected chi connectivity index (χ4v) is 0.887. The van der Waals surface area contributed by atoms with Crippen LogP contribution in [0.3, 0.4) is 0 Å². The summed E-state index contributed by atoms with van der Waals surface area (Å²) in [5.41, 5.74) is 1.29. The number of halogens is 2. The quantitative estimate of drug-likeness (QED) is 0.643. The fourth-order valence-electron chi connectivity index (χ4n) is 0.887. The van der Waals surface area contributed by atoms with Gasteiger partial charge in [-0.15, -0.1) is 24.8 Å². The van der Waals surface area contributed by atoms with Gasteiger partial charge >= 0.3 is 0 Å². The molecule has 0 nitrogen and oxygen atoms in total. The molecule has 1 atom stereocenters. The van der Waals surface area contributed by atoms with Gasteiger partial charge in [0.1, 0.15) is 0 Å². The Morgan fingerprint density at radius 1 is 1.45 bits per heavy atom. The Hall–Kier alpha value is 0.943. The molecule has 1 aliphatic carbocycles. The first-order valence-corrected chi connectivity index (χ1v) is 3.11. The molecule has 1 unspecified atom stereocenters. The van der Waals surface area contributed by atoms with Crippen LogP contribution in [0, 0.1) is 12.0 Å². The van der Waals surface area contributed by atoms with E-state index in [2.05, 4.69) is 32.1 Å². The van der Waals surface area contributed by atoms with Gasteiger partial charge in [0.25, 0.3) is 0 Å². The van der Waals surface area contributed by atoms with Crippen molar-refractivity contribution >= 4 is 24.8 Å². The molecule has 0 amide bonds. The third kappa shape index (κ3) is 6.14. The Kier molecular flexibility index (Phi) is 14.7. The van der Waals surface area contributed by atoms with E-state index in [0.29, 0.717) is 5.92 Å². The molecule has 0 aromatic heterocycles. The minimum absolute atomic E-state index is 0. The van der Waals surface area contributed by atoms with Gasteiger partial charge in [-0.1, -0.05) is 26.2 Å². The van der Waals surface area contributed by atoms with E-state index in [9.17, 15) is 0 Å². The fraction of sp³-hybridized carbons (Fsp3) is 0.500. The third-order valence-electron chi connectivity index (χ3n) is 1.43. The second-order valence-electron chi connectivity index (χ2n) is 2.20. The van der Waals surface area contributed by atoms with E-state index in [0.717, 1.165) is 0 Å². The van der Waals surface area contributed by atoms with Gasteiger partial charge in [-0.05, 0) is 0 Å². The Bertz CT molecular complexity index is 141. The molecule has 1 aliphatic rings. The van der Waals surface area contributed by atoms with Crippen LogP contribution in [0.25, 0.3) is 0 Å². The van der Waals surface area contributed by atoms with Gasteiger partial charge in [0, 0.05) is 26.2 Å². The van der Waals surface area contributed by atoms with Gasteiger partial charge in [-0.25, -0.2) is 11.6 Å². The molecular formula is C8H13Cl2Zr-. The Morgan fingerprint density at radius 2 is 2.00 bits per heavy atom. The summed E-state index contributed by atoms with van der Waals surface area (Å²) in [7, 11) is 0. The Balaban J connectivity index is -0.000000213. The predicted octanol–water partition coefficient (Wildman–Crippen LogP) is 3.17. The molecule has 0 aromatic carbocycles. The van der Waals surface area contributed by atoms with Crippen molar-refractivity contribution in [1.29, 1.82) is 0 Å². The molecule has 11 heavy (non-hydrogen) atoms. The zero-order valence-electron chi connectivity index (χ0n) is 6.76. The Labute approximate surface area is 100 Å². The summed E-state index contributed by atoms with van der Waals surface area (Å²) in [5, 5.41) is 0. The SMILES string of the molecule is CCC1[C-]=C(C)C=C1.Cl.Cl.[Zr]. The topological polar surface area (TPSA) is 0 Å². The minimum Gasteiger partial charge on any atom is -0.266 e. The van der Waals surface area contributed by atoms with Crippen molar-refractivity contribution in [2.75, 3.05) is 0 Å². The smallest absolute Gasteiger partial charge is 0 e. The van der Waals surface area contributed by atoms with Crippen LogP contribution in [0.5, 0.6) is 0 Å². The molecule has 0 saturated heterocycles. The maximum atomic E-state index is 3.31. The predicted molar refractivity (Wildman–Crippen MR) is 49.8 cm³/mol. The van der Waals surface area contributed by atoms with Crippen LogP contribution in [-0.2, 0) is 26.2 Å². The van der Waals surface area contributed by atoms with Crippen molar-refractivity contribution in [3.63, 3.8) is 0 Å². The third-order valence-corrected chi connectivity index (χ3v) is 1.43. The minimum atomic E-state index is 0. The van der Waals surface area contributed by atoms with Crippen LogP contribution in [0.2, 0.25) is 0 Å². The van der Waals surface area contributed by atoms with Crippen LogP contribution in [0.1, 0.15) is 20.3 Å². The molecule has 0 bridgehead atoms. The second kappa shape index (κ2) is 9.03. The standard InChI is InChI=1S/C8H11.2ClH.Zr/c1-3-8-5-4-7(2)6-8;;;/h4-5,8H,3H2,1-2H3;2*1H;/q-1;;;. The largest absolute Gasteiger partial charge is 0.266 e. The first-order valence-electron chi connectivity index (χ1n) is 3.11. The normalized spacial score (nSPS) is 19.1. The van der Waals surface area contributed by atoms with Crippen molar-refractivity contribution in [2.45, 2.75) is 20.3 Å². The van der Waals surface area contributed by atoms with Crippen molar-refractivity contribution < 1.29 is 26.2 Å². The van der Waals surface area contributed by atoms with E-state index < -0.39 is 0 Å². The molecular weight excluding hydrogens is 258 g/mol. The average molecular weight is 271 g/mol. The Morgan fingerprint density at radius 3 is 2.18 bits per heavy atom. The molecule has 0 spiro atoms. The number of allylic oxidation sites excluding steroid dienone is 4. The molecule has 1 rings (SSSR count). The summed E-state index contributed by atoms with van der Waals surface area (Å²) >= 11 is 0. The maximum absolute atomic E-state index is 3.31. The van der Waals surface area contributed by atoms with Crippen LogP contribution in [0.4, 0.5) is 0 Å². The molecule has 0 fully saturated rings. The summed E-state index contributed by atoms with van der Waals surface area (Å²) in [6.07, 6.45) is 8.83. The number of rotatable bonds is 1. The second-order valence-corrected chi connectivity index (χ2v) is 2.20. The molecule has 0 aliphatic heterocycles.